The van der Waals surface area contributed by atoms with Gasteiger partial charge >= 0.3 is 5.97 Å². The maximum Gasteiger partial charge on any atom is 0.314 e. The van der Waals surface area contributed by atoms with Crippen molar-refractivity contribution in [2.24, 2.45) is 0 Å². The van der Waals surface area contributed by atoms with Crippen LogP contribution >= 0.6 is 0 Å². The van der Waals surface area contributed by atoms with Crippen molar-refractivity contribution in [2.75, 3.05) is 6.61 Å². The molecule has 0 heterocycles. The van der Waals surface area contributed by atoms with E-state index in [4.69, 9.17) is 4.74 Å². The summed E-state index contributed by atoms with van der Waals surface area (Å²) in [4.78, 5) is 11.2. The lowest BCUT2D eigenvalue weighted by atomic mass is 9.96. The summed E-state index contributed by atoms with van der Waals surface area (Å²) in [6.45, 7) is 6.12. The van der Waals surface area contributed by atoms with Gasteiger partial charge in [0.1, 0.15) is 12.4 Å². The number of carboxylic acid groups (broad SMARTS) is 1. The highest BCUT2D eigenvalue weighted by Crippen LogP contribution is 2.48. The number of hydrogen-bond acceptors (Lipinski definition) is 2. The van der Waals surface area contributed by atoms with Crippen LogP contribution in [0.2, 0.25) is 0 Å². The Kier molecular flexibility index (Phi) is 2.92. The molecule has 1 fully saturated rings. The van der Waals surface area contributed by atoms with E-state index in [1.54, 1.807) is 0 Å². The molecule has 1 saturated carbocycles. The first-order valence-electron chi connectivity index (χ1n) is 5.66. The molecule has 1 aliphatic carbocycles. The Hall–Kier alpha value is -1.77. The monoisotopic (exact) mass is 232 g/mol. The van der Waals surface area contributed by atoms with Crippen LogP contribution in [0.3, 0.4) is 0 Å². The zero-order valence-corrected chi connectivity index (χ0v) is 9.90. The van der Waals surface area contributed by atoms with E-state index in [9.17, 15) is 9.90 Å². The molecule has 0 saturated heterocycles. The van der Waals surface area contributed by atoms with Crippen LogP contribution in [0.25, 0.3) is 0 Å². The highest BCUT2D eigenvalue weighted by Gasteiger charge is 2.51. The maximum atomic E-state index is 11.2. The molecule has 2 rings (SSSR count). The second-order valence-corrected chi connectivity index (χ2v) is 4.66. The second kappa shape index (κ2) is 4.24. The fraction of sp³-hybridized carbons (Fsp3) is 0.357. The molecule has 1 aromatic rings. The fourth-order valence-corrected chi connectivity index (χ4v) is 1.84. The van der Waals surface area contributed by atoms with Crippen molar-refractivity contribution < 1.29 is 14.6 Å². The quantitative estimate of drug-likeness (QED) is 0.794. The molecule has 0 spiro atoms. The summed E-state index contributed by atoms with van der Waals surface area (Å²) >= 11 is 0. The molecule has 0 atom stereocenters. The molecule has 3 nitrogen and oxygen atoms in total. The molecule has 0 unspecified atom stereocenters. The summed E-state index contributed by atoms with van der Waals surface area (Å²) in [6.07, 6.45) is 1.43. The topological polar surface area (TPSA) is 46.5 Å². The number of rotatable bonds is 5. The zero-order valence-electron chi connectivity index (χ0n) is 9.90. The van der Waals surface area contributed by atoms with E-state index in [1.807, 2.05) is 31.2 Å². The molecule has 0 aromatic heterocycles. The van der Waals surface area contributed by atoms with E-state index in [1.165, 1.54) is 0 Å². The van der Waals surface area contributed by atoms with E-state index in [0.717, 1.165) is 11.1 Å². The average Bonchev–Trinajstić information content (AvgIpc) is 3.08. The maximum absolute atomic E-state index is 11.2. The summed E-state index contributed by atoms with van der Waals surface area (Å²) in [6, 6.07) is 7.36. The Morgan fingerprint density at radius 2 is 2.24 bits per heavy atom. The van der Waals surface area contributed by atoms with Crippen molar-refractivity contribution in [3.8, 4) is 5.75 Å². The van der Waals surface area contributed by atoms with Gasteiger partial charge in [-0.05, 0) is 43.0 Å². The van der Waals surface area contributed by atoms with Gasteiger partial charge in [-0.15, -0.1) is 0 Å². The molecule has 90 valence electrons. The van der Waals surface area contributed by atoms with Gasteiger partial charge in [-0.25, -0.2) is 0 Å². The number of benzene rings is 1. The van der Waals surface area contributed by atoms with E-state index in [0.29, 0.717) is 25.2 Å². The van der Waals surface area contributed by atoms with E-state index >= 15 is 0 Å². The van der Waals surface area contributed by atoms with Crippen LogP contribution in [0.5, 0.6) is 5.75 Å². The Balaban J connectivity index is 2.17. The van der Waals surface area contributed by atoms with Gasteiger partial charge < -0.3 is 9.84 Å². The first-order valence-corrected chi connectivity index (χ1v) is 5.66. The minimum atomic E-state index is -0.741. The third-order valence-electron chi connectivity index (χ3n) is 3.03. The van der Waals surface area contributed by atoms with Crippen molar-refractivity contribution in [1.82, 2.24) is 0 Å². The van der Waals surface area contributed by atoms with Crippen LogP contribution in [0.15, 0.2) is 36.4 Å². The Bertz CT molecular complexity index is 458. The van der Waals surface area contributed by atoms with Crippen molar-refractivity contribution in [1.29, 1.82) is 0 Å². The fourth-order valence-electron chi connectivity index (χ4n) is 1.84. The van der Waals surface area contributed by atoms with Gasteiger partial charge in [-0.1, -0.05) is 18.7 Å². The molecule has 1 aromatic carbocycles. The molecule has 0 bridgehead atoms. The van der Waals surface area contributed by atoms with E-state index in [-0.39, 0.29) is 0 Å². The Morgan fingerprint density at radius 3 is 2.76 bits per heavy atom. The van der Waals surface area contributed by atoms with E-state index in [2.05, 4.69) is 6.58 Å². The highest BCUT2D eigenvalue weighted by molar-refractivity contribution is 5.85. The summed E-state index contributed by atoms with van der Waals surface area (Å²) in [7, 11) is 0. The summed E-state index contributed by atoms with van der Waals surface area (Å²) in [5.41, 5.74) is 1.11. The molecule has 0 aliphatic heterocycles. The smallest absolute Gasteiger partial charge is 0.314 e. The predicted molar refractivity (Wildman–Crippen MR) is 65.3 cm³/mol. The first-order chi connectivity index (χ1) is 8.04. The zero-order chi connectivity index (χ0) is 12.5. The molecule has 3 heteroatoms. The van der Waals surface area contributed by atoms with Crippen LogP contribution < -0.4 is 4.74 Å². The SMILES string of the molecule is C=C(C)COc1cccc(C2(C(=O)O)CC2)c1. The molecule has 0 amide bonds. The number of carbonyl (C=O) groups is 1. The van der Waals surface area contributed by atoms with Crippen molar-refractivity contribution in [3.05, 3.63) is 42.0 Å². The lowest BCUT2D eigenvalue weighted by Crippen LogP contribution is -2.19. The summed E-state index contributed by atoms with van der Waals surface area (Å²) in [5.74, 6) is -0.0347. The molecule has 17 heavy (non-hydrogen) atoms. The van der Waals surface area contributed by atoms with Crippen LogP contribution in [-0.4, -0.2) is 17.7 Å². The summed E-state index contributed by atoms with van der Waals surface area (Å²) in [5, 5.41) is 9.21. The standard InChI is InChI=1S/C14H16O3/c1-10(2)9-17-12-5-3-4-11(8-12)14(6-7-14)13(15)16/h3-5,8H,1,6-7,9H2,2H3,(H,15,16). The number of ether oxygens (including phenoxy) is 1. The minimum absolute atomic E-state index is 0.462. The molecule has 1 aliphatic rings. The van der Waals surface area contributed by atoms with Crippen LogP contribution in [0.1, 0.15) is 25.3 Å². The molecular formula is C14H16O3. The van der Waals surface area contributed by atoms with Crippen LogP contribution in [-0.2, 0) is 10.2 Å². The van der Waals surface area contributed by atoms with Crippen LogP contribution in [0, 0.1) is 0 Å². The average molecular weight is 232 g/mol. The number of carboxylic acids is 1. The Morgan fingerprint density at radius 1 is 1.53 bits per heavy atom. The summed E-state index contributed by atoms with van der Waals surface area (Å²) < 4.78 is 5.52. The third kappa shape index (κ3) is 2.33. The minimum Gasteiger partial charge on any atom is -0.489 e. The Labute approximate surface area is 101 Å². The molecule has 0 radical (unpaired) electrons. The number of hydrogen-bond donors (Lipinski definition) is 1. The van der Waals surface area contributed by atoms with Crippen molar-refractivity contribution in [2.45, 2.75) is 25.2 Å². The lowest BCUT2D eigenvalue weighted by molar-refractivity contribution is -0.140. The second-order valence-electron chi connectivity index (χ2n) is 4.66. The largest absolute Gasteiger partial charge is 0.489 e. The molecular weight excluding hydrogens is 216 g/mol. The van der Waals surface area contributed by atoms with Crippen molar-refractivity contribution >= 4 is 5.97 Å². The van der Waals surface area contributed by atoms with Gasteiger partial charge in [-0.3, -0.25) is 4.79 Å². The van der Waals surface area contributed by atoms with Gasteiger partial charge in [0.2, 0.25) is 0 Å². The van der Waals surface area contributed by atoms with Gasteiger partial charge in [0.15, 0.2) is 0 Å². The lowest BCUT2D eigenvalue weighted by Gasteiger charge is -2.12. The van der Waals surface area contributed by atoms with E-state index < -0.39 is 11.4 Å². The van der Waals surface area contributed by atoms with Gasteiger partial charge in [0.05, 0.1) is 5.41 Å². The highest BCUT2D eigenvalue weighted by atomic mass is 16.5. The normalized spacial score (nSPS) is 16.3. The van der Waals surface area contributed by atoms with Crippen LogP contribution in [0.4, 0.5) is 0 Å². The third-order valence-corrected chi connectivity index (χ3v) is 3.03. The van der Waals surface area contributed by atoms with Gasteiger partial charge in [0.25, 0.3) is 0 Å². The predicted octanol–water partition coefficient (Wildman–Crippen LogP) is 2.76. The van der Waals surface area contributed by atoms with Gasteiger partial charge in [-0.2, -0.15) is 0 Å². The van der Waals surface area contributed by atoms with Crippen molar-refractivity contribution in [3.63, 3.8) is 0 Å². The molecule has 1 N–H and O–H groups in total. The number of aliphatic carboxylic acids is 1. The van der Waals surface area contributed by atoms with Gasteiger partial charge in [0, 0.05) is 0 Å². The first kappa shape index (κ1) is 11.7.